The first kappa shape index (κ1) is 25.0. The molecule has 7 heteroatoms. The van der Waals surface area contributed by atoms with Crippen LogP contribution in [-0.2, 0) is 20.9 Å². The number of oxazole rings is 1. The van der Waals surface area contributed by atoms with Gasteiger partial charge in [0.1, 0.15) is 17.5 Å². The molecule has 3 atom stereocenters. The van der Waals surface area contributed by atoms with Crippen LogP contribution < -0.4 is 0 Å². The van der Waals surface area contributed by atoms with Crippen LogP contribution in [0.2, 0.25) is 0 Å². The highest BCUT2D eigenvalue weighted by Crippen LogP contribution is 2.30. The van der Waals surface area contributed by atoms with Crippen LogP contribution in [0.25, 0.3) is 11.5 Å². The summed E-state index contributed by atoms with van der Waals surface area (Å²) >= 11 is 0. The maximum absolute atomic E-state index is 12.2. The number of hydrogen-bond donors (Lipinski definition) is 1. The minimum Gasteiger partial charge on any atom is -0.480 e. The van der Waals surface area contributed by atoms with Gasteiger partial charge in [0.2, 0.25) is 11.8 Å². The van der Waals surface area contributed by atoms with Crippen molar-refractivity contribution in [2.75, 3.05) is 6.54 Å². The average Bonchev–Trinajstić information content (AvgIpc) is 3.12. The lowest BCUT2D eigenvalue weighted by molar-refractivity contribution is -0.152. The Hall–Kier alpha value is -2.67. The quantitative estimate of drug-likeness (QED) is 0.571. The summed E-state index contributed by atoms with van der Waals surface area (Å²) in [7, 11) is 0. The van der Waals surface area contributed by atoms with Crippen LogP contribution in [-0.4, -0.2) is 45.6 Å². The molecule has 1 aromatic heterocycles. The van der Waals surface area contributed by atoms with Crippen LogP contribution in [0, 0.1) is 25.7 Å². The second kappa shape index (κ2) is 11.0. The summed E-state index contributed by atoms with van der Waals surface area (Å²) in [4.78, 5) is 30.2. The number of ether oxygens (including phenoxy) is 1. The largest absolute Gasteiger partial charge is 0.480 e. The van der Waals surface area contributed by atoms with Gasteiger partial charge in [0.05, 0.1) is 12.7 Å². The number of carbonyl (C=O) groups is 2. The Morgan fingerprint density at radius 2 is 1.91 bits per heavy atom. The third-order valence-corrected chi connectivity index (χ3v) is 6.46. The summed E-state index contributed by atoms with van der Waals surface area (Å²) in [6.07, 6.45) is 3.77. The zero-order valence-electron chi connectivity index (χ0n) is 20.3. The van der Waals surface area contributed by atoms with E-state index in [1.54, 1.807) is 0 Å². The first-order valence-electron chi connectivity index (χ1n) is 11.8. The number of hydrogen-bond acceptors (Lipinski definition) is 5. The van der Waals surface area contributed by atoms with Crippen molar-refractivity contribution in [3.05, 3.63) is 41.3 Å². The second-order valence-corrected chi connectivity index (χ2v) is 9.55. The van der Waals surface area contributed by atoms with Gasteiger partial charge in [-0.15, -0.1) is 0 Å². The number of amides is 1. The molecule has 7 nitrogen and oxygen atoms in total. The van der Waals surface area contributed by atoms with Crippen molar-refractivity contribution in [2.24, 2.45) is 11.8 Å². The van der Waals surface area contributed by atoms with E-state index in [2.05, 4.69) is 4.98 Å². The van der Waals surface area contributed by atoms with Crippen molar-refractivity contribution in [1.29, 1.82) is 0 Å². The van der Waals surface area contributed by atoms with Crippen molar-refractivity contribution in [3.8, 4) is 11.5 Å². The third-order valence-electron chi connectivity index (χ3n) is 6.46. The molecule has 2 aromatic rings. The molecule has 1 saturated carbocycles. The van der Waals surface area contributed by atoms with Crippen LogP contribution in [0.15, 0.2) is 28.7 Å². The summed E-state index contributed by atoms with van der Waals surface area (Å²) in [5.41, 5.74) is 2.92. The molecule has 1 heterocycles. The molecule has 0 aliphatic heterocycles. The molecule has 0 spiro atoms. The number of benzene rings is 1. The molecule has 1 fully saturated rings. The lowest BCUT2D eigenvalue weighted by Crippen LogP contribution is -2.49. The molecule has 0 saturated heterocycles. The second-order valence-electron chi connectivity index (χ2n) is 9.55. The van der Waals surface area contributed by atoms with Gasteiger partial charge in [-0.3, -0.25) is 4.79 Å². The Morgan fingerprint density at radius 1 is 1.21 bits per heavy atom. The Morgan fingerprint density at radius 3 is 2.52 bits per heavy atom. The van der Waals surface area contributed by atoms with Crippen LogP contribution in [0.1, 0.15) is 63.5 Å². The zero-order chi connectivity index (χ0) is 24.1. The van der Waals surface area contributed by atoms with E-state index in [-0.39, 0.29) is 23.8 Å². The van der Waals surface area contributed by atoms with Crippen molar-refractivity contribution in [1.82, 2.24) is 9.88 Å². The van der Waals surface area contributed by atoms with Crippen LogP contribution in [0.3, 0.4) is 0 Å². The van der Waals surface area contributed by atoms with E-state index in [0.717, 1.165) is 42.7 Å². The van der Waals surface area contributed by atoms with Crippen LogP contribution >= 0.6 is 0 Å². The Labute approximate surface area is 196 Å². The maximum atomic E-state index is 12.2. The van der Waals surface area contributed by atoms with Gasteiger partial charge in [-0.25, -0.2) is 9.78 Å². The predicted molar refractivity (Wildman–Crippen MR) is 126 cm³/mol. The molecular formula is C26H36N2O5. The molecule has 3 unspecified atom stereocenters. The lowest BCUT2D eigenvalue weighted by Gasteiger charge is -2.36. The molecule has 1 N–H and O–H groups in total. The monoisotopic (exact) mass is 456 g/mol. The Balaban J connectivity index is 1.60. The highest BCUT2D eigenvalue weighted by molar-refractivity contribution is 5.82. The average molecular weight is 457 g/mol. The first-order valence-corrected chi connectivity index (χ1v) is 11.8. The summed E-state index contributed by atoms with van der Waals surface area (Å²) in [6, 6.07) is 7.26. The van der Waals surface area contributed by atoms with E-state index in [4.69, 9.17) is 9.15 Å². The maximum Gasteiger partial charge on any atom is 0.326 e. The van der Waals surface area contributed by atoms with E-state index in [1.807, 2.05) is 52.0 Å². The van der Waals surface area contributed by atoms with Gasteiger partial charge in [-0.1, -0.05) is 38.0 Å². The van der Waals surface area contributed by atoms with Gasteiger partial charge >= 0.3 is 5.97 Å². The molecule has 1 aliphatic rings. The molecule has 1 amide bonds. The van der Waals surface area contributed by atoms with Crippen LogP contribution in [0.4, 0.5) is 0 Å². The number of rotatable bonds is 9. The Kier molecular flexibility index (Phi) is 8.30. The number of aliphatic carboxylic acids is 1. The fourth-order valence-electron chi connectivity index (χ4n) is 4.63. The standard InChI is InChI=1S/C26H36N2O5/c1-16(2)24(26(30)31)28(19(5)29)14-20-7-6-8-22(13-20)32-15-23-18(4)33-25(27-23)21-11-9-17(3)10-12-21/h9-12,16,20,22,24H,6-8,13-15H2,1-5H3,(H,30,31). The Bertz CT molecular complexity index is 950. The molecule has 33 heavy (non-hydrogen) atoms. The fourth-order valence-corrected chi connectivity index (χ4v) is 4.63. The topological polar surface area (TPSA) is 92.9 Å². The first-order chi connectivity index (χ1) is 15.7. The summed E-state index contributed by atoms with van der Waals surface area (Å²) in [6.45, 7) is 9.90. The lowest BCUT2D eigenvalue weighted by atomic mass is 9.86. The van der Waals surface area contributed by atoms with E-state index >= 15 is 0 Å². The molecular weight excluding hydrogens is 420 g/mol. The number of carbonyl (C=O) groups excluding carboxylic acids is 1. The minimum absolute atomic E-state index is 0.0545. The number of carboxylic acid groups (broad SMARTS) is 1. The number of carboxylic acids is 1. The summed E-state index contributed by atoms with van der Waals surface area (Å²) in [5.74, 6) is 0.269. The minimum atomic E-state index is -0.949. The molecule has 0 bridgehead atoms. The SMILES string of the molecule is CC(=O)N(CC1CCCC(OCc2nc(-c3ccc(C)cc3)oc2C)C1)C(C(=O)O)C(C)C. The van der Waals surface area contributed by atoms with Gasteiger partial charge < -0.3 is 19.2 Å². The summed E-state index contributed by atoms with van der Waals surface area (Å²) in [5, 5.41) is 9.64. The number of aromatic nitrogens is 1. The molecule has 3 rings (SSSR count). The van der Waals surface area contributed by atoms with Crippen LogP contribution in [0.5, 0.6) is 0 Å². The van der Waals surface area contributed by atoms with Gasteiger partial charge in [0.15, 0.2) is 0 Å². The molecule has 1 aromatic carbocycles. The molecule has 0 radical (unpaired) electrons. The van der Waals surface area contributed by atoms with Gasteiger partial charge in [-0.05, 0) is 57.1 Å². The van der Waals surface area contributed by atoms with Gasteiger partial charge in [-0.2, -0.15) is 0 Å². The number of aryl methyl sites for hydroxylation is 2. The normalized spacial score (nSPS) is 19.5. The van der Waals surface area contributed by atoms with E-state index in [0.29, 0.717) is 19.0 Å². The van der Waals surface area contributed by atoms with Crippen molar-refractivity contribution in [3.63, 3.8) is 0 Å². The predicted octanol–water partition coefficient (Wildman–Crippen LogP) is 4.99. The smallest absolute Gasteiger partial charge is 0.326 e. The van der Waals surface area contributed by atoms with Crippen molar-refractivity contribution < 1.29 is 23.8 Å². The van der Waals surface area contributed by atoms with Gasteiger partial charge in [0, 0.05) is 19.0 Å². The molecule has 1 aliphatic carbocycles. The van der Waals surface area contributed by atoms with Gasteiger partial charge in [0.25, 0.3) is 0 Å². The van der Waals surface area contributed by atoms with E-state index in [9.17, 15) is 14.7 Å². The fraction of sp³-hybridized carbons (Fsp3) is 0.577. The highest BCUT2D eigenvalue weighted by Gasteiger charge is 2.34. The van der Waals surface area contributed by atoms with E-state index < -0.39 is 12.0 Å². The summed E-state index contributed by atoms with van der Waals surface area (Å²) < 4.78 is 12.1. The highest BCUT2D eigenvalue weighted by atomic mass is 16.5. The number of nitrogens with zero attached hydrogens (tertiary/aromatic N) is 2. The van der Waals surface area contributed by atoms with Crippen molar-refractivity contribution >= 4 is 11.9 Å². The van der Waals surface area contributed by atoms with Crippen molar-refractivity contribution in [2.45, 2.75) is 79.1 Å². The third kappa shape index (κ3) is 6.44. The zero-order valence-corrected chi connectivity index (χ0v) is 20.3. The molecule has 180 valence electrons. The van der Waals surface area contributed by atoms with E-state index in [1.165, 1.54) is 17.4 Å².